The van der Waals surface area contributed by atoms with Gasteiger partial charge in [0.15, 0.2) is 0 Å². The molecule has 1 spiro atoms. The van der Waals surface area contributed by atoms with Crippen LogP contribution < -0.4 is 0 Å². The summed E-state index contributed by atoms with van der Waals surface area (Å²) in [6.45, 7) is 5.02. The van der Waals surface area contributed by atoms with Gasteiger partial charge >= 0.3 is 24.3 Å². The molecule has 2 N–H and O–H groups in total. The van der Waals surface area contributed by atoms with Crippen LogP contribution in [0.15, 0.2) is 16.8 Å². The molecule has 0 aromatic carbocycles. The molecule has 2 aliphatic rings. The quantitative estimate of drug-likeness (QED) is 0.594. The summed E-state index contributed by atoms with van der Waals surface area (Å²) in [7, 11) is 2.34. The Kier molecular flexibility index (Phi) is 10.4. The lowest BCUT2D eigenvalue weighted by molar-refractivity contribution is -0.193. The van der Waals surface area contributed by atoms with E-state index in [1.54, 1.807) is 0 Å². The zero-order valence-corrected chi connectivity index (χ0v) is 18.2. The second-order valence-corrected chi connectivity index (χ2v) is 8.40. The van der Waals surface area contributed by atoms with Gasteiger partial charge in [0, 0.05) is 25.2 Å². The van der Waals surface area contributed by atoms with E-state index in [1.165, 1.54) is 57.3 Å². The van der Waals surface area contributed by atoms with Gasteiger partial charge in [-0.25, -0.2) is 9.59 Å². The Morgan fingerprint density at radius 2 is 1.47 bits per heavy atom. The highest BCUT2D eigenvalue weighted by Crippen LogP contribution is 2.36. The van der Waals surface area contributed by atoms with Gasteiger partial charge in [-0.1, -0.05) is 6.42 Å². The Bertz CT molecular complexity index is 692. The number of rotatable bonds is 2. The van der Waals surface area contributed by atoms with Crippen molar-refractivity contribution in [1.29, 1.82) is 0 Å². The number of carbonyl (C=O) groups is 2. The lowest BCUT2D eigenvalue weighted by Gasteiger charge is -2.50. The molecule has 13 heteroatoms. The van der Waals surface area contributed by atoms with Crippen LogP contribution >= 0.6 is 11.3 Å². The van der Waals surface area contributed by atoms with Crippen LogP contribution in [-0.4, -0.2) is 76.5 Å². The number of carboxylic acid groups (broad SMARTS) is 2. The number of hydrogen-bond acceptors (Lipinski definition) is 5. The molecule has 0 atom stereocenters. The third-order valence-corrected chi connectivity index (χ3v) is 6.19. The number of alkyl halides is 6. The number of hydrogen-bond donors (Lipinski definition) is 2. The van der Waals surface area contributed by atoms with Crippen molar-refractivity contribution in [1.82, 2.24) is 9.80 Å². The second-order valence-electron chi connectivity index (χ2n) is 7.62. The molecule has 1 aromatic rings. The van der Waals surface area contributed by atoms with E-state index in [-0.39, 0.29) is 0 Å². The highest BCUT2D eigenvalue weighted by atomic mass is 32.1. The first-order valence-corrected chi connectivity index (χ1v) is 10.7. The maximum absolute atomic E-state index is 10.6. The number of halogens is 6. The van der Waals surface area contributed by atoms with Crippen molar-refractivity contribution in [3.05, 3.63) is 22.4 Å². The predicted octanol–water partition coefficient (Wildman–Crippen LogP) is 4.47. The van der Waals surface area contributed by atoms with Crippen molar-refractivity contribution in [3.63, 3.8) is 0 Å². The van der Waals surface area contributed by atoms with Crippen LogP contribution in [-0.2, 0) is 16.1 Å². The largest absolute Gasteiger partial charge is 0.490 e. The normalized spacial score (nSPS) is 19.3. The maximum Gasteiger partial charge on any atom is 0.490 e. The molecule has 2 aliphatic heterocycles. The molecule has 3 heterocycles. The molecule has 184 valence electrons. The van der Waals surface area contributed by atoms with Crippen LogP contribution in [0.3, 0.4) is 0 Å². The molecule has 0 bridgehead atoms. The van der Waals surface area contributed by atoms with Crippen molar-refractivity contribution >= 4 is 23.3 Å². The Morgan fingerprint density at radius 1 is 0.969 bits per heavy atom. The van der Waals surface area contributed by atoms with E-state index in [0.29, 0.717) is 5.54 Å². The van der Waals surface area contributed by atoms with Crippen molar-refractivity contribution in [2.24, 2.45) is 0 Å². The van der Waals surface area contributed by atoms with Crippen LogP contribution in [0.4, 0.5) is 26.3 Å². The van der Waals surface area contributed by atoms with Gasteiger partial charge < -0.3 is 15.1 Å². The Morgan fingerprint density at radius 3 is 1.84 bits per heavy atom. The van der Waals surface area contributed by atoms with Gasteiger partial charge in [0.05, 0.1) is 0 Å². The summed E-state index contributed by atoms with van der Waals surface area (Å²) >= 11 is 1.82. The summed E-state index contributed by atoms with van der Waals surface area (Å²) in [4.78, 5) is 23.1. The molecule has 0 aliphatic carbocycles. The smallest absolute Gasteiger partial charge is 0.475 e. The van der Waals surface area contributed by atoms with Gasteiger partial charge in [-0.2, -0.15) is 37.7 Å². The molecule has 1 aromatic heterocycles. The number of likely N-dealkylation sites (tertiary alicyclic amines) is 2. The monoisotopic (exact) mass is 492 g/mol. The van der Waals surface area contributed by atoms with Crippen molar-refractivity contribution in [3.8, 4) is 0 Å². The maximum atomic E-state index is 10.6. The molecular weight excluding hydrogens is 466 g/mol. The number of thiophene rings is 1. The topological polar surface area (TPSA) is 81.1 Å². The summed E-state index contributed by atoms with van der Waals surface area (Å²) in [6.07, 6.45) is -3.16. The molecule has 6 nitrogen and oxygen atoms in total. The Balaban J connectivity index is 0.000000305. The second kappa shape index (κ2) is 11.8. The molecule has 2 saturated heterocycles. The average molecular weight is 492 g/mol. The fourth-order valence-electron chi connectivity index (χ4n) is 3.63. The third kappa shape index (κ3) is 9.33. The number of aliphatic carboxylic acids is 2. The number of piperidine rings is 2. The highest BCUT2D eigenvalue weighted by Gasteiger charge is 2.40. The van der Waals surface area contributed by atoms with Crippen LogP contribution in [0.1, 0.15) is 37.7 Å². The predicted molar refractivity (Wildman–Crippen MR) is 105 cm³/mol. The first kappa shape index (κ1) is 28.2. The van der Waals surface area contributed by atoms with Crippen molar-refractivity contribution in [2.45, 2.75) is 56.5 Å². The molecule has 3 rings (SSSR count). The summed E-state index contributed by atoms with van der Waals surface area (Å²) in [5, 5.41) is 18.7. The summed E-state index contributed by atoms with van der Waals surface area (Å²) in [5.41, 5.74) is 2.04. The fraction of sp³-hybridized carbons (Fsp3) is 0.684. The molecule has 0 saturated carbocycles. The zero-order valence-electron chi connectivity index (χ0n) is 17.4. The molecular formula is C19H26F6N2O4S. The Labute approximate surface area is 185 Å². The zero-order chi connectivity index (χ0) is 24.6. The minimum Gasteiger partial charge on any atom is -0.475 e. The van der Waals surface area contributed by atoms with Crippen molar-refractivity contribution < 1.29 is 46.1 Å². The van der Waals surface area contributed by atoms with E-state index in [1.807, 2.05) is 11.3 Å². The first-order valence-electron chi connectivity index (χ1n) is 9.72. The van der Waals surface area contributed by atoms with E-state index >= 15 is 0 Å². The lowest BCUT2D eigenvalue weighted by Crippen LogP contribution is -2.55. The average Bonchev–Trinajstić information content (AvgIpc) is 3.19. The minimum absolute atomic E-state index is 0.545. The van der Waals surface area contributed by atoms with Crippen LogP contribution in [0.2, 0.25) is 0 Å². The number of nitrogens with zero attached hydrogens (tertiary/aromatic N) is 2. The van der Waals surface area contributed by atoms with Gasteiger partial charge in [-0.15, -0.1) is 0 Å². The molecule has 32 heavy (non-hydrogen) atoms. The molecule has 0 amide bonds. The molecule has 0 radical (unpaired) electrons. The van der Waals surface area contributed by atoms with Gasteiger partial charge in [0.25, 0.3) is 0 Å². The fourth-order valence-corrected chi connectivity index (χ4v) is 4.29. The lowest BCUT2D eigenvalue weighted by atomic mass is 9.79. The minimum atomic E-state index is -5.08. The third-order valence-electron chi connectivity index (χ3n) is 5.45. The van der Waals surface area contributed by atoms with E-state index in [4.69, 9.17) is 19.8 Å². The highest BCUT2D eigenvalue weighted by molar-refractivity contribution is 7.07. The standard InChI is InChI=1S/C15H24N2S.2C2HF3O2/c1-16-8-3-2-5-15(16)6-9-17(10-7-15)12-14-4-11-18-13-14;2*3-2(4,5)1(6)7/h4,11,13H,2-3,5-10,12H2,1H3;2*(H,6,7). The van der Waals surface area contributed by atoms with E-state index in [0.717, 1.165) is 6.54 Å². The van der Waals surface area contributed by atoms with Gasteiger partial charge in [0.1, 0.15) is 0 Å². The van der Waals surface area contributed by atoms with Gasteiger partial charge in [0.2, 0.25) is 0 Å². The van der Waals surface area contributed by atoms with Crippen LogP contribution in [0.25, 0.3) is 0 Å². The summed E-state index contributed by atoms with van der Waals surface area (Å²) in [6, 6.07) is 2.27. The van der Waals surface area contributed by atoms with Crippen molar-refractivity contribution in [2.75, 3.05) is 26.7 Å². The van der Waals surface area contributed by atoms with Gasteiger partial charge in [-0.3, -0.25) is 4.90 Å². The van der Waals surface area contributed by atoms with E-state index in [9.17, 15) is 26.3 Å². The molecule has 0 unspecified atom stereocenters. The molecule has 2 fully saturated rings. The summed E-state index contributed by atoms with van der Waals surface area (Å²) < 4.78 is 63.5. The first-order chi connectivity index (χ1) is 14.7. The van der Waals surface area contributed by atoms with Crippen LogP contribution in [0, 0.1) is 0 Å². The van der Waals surface area contributed by atoms with Gasteiger partial charge in [-0.05, 0) is 61.7 Å². The summed E-state index contributed by atoms with van der Waals surface area (Å²) in [5.74, 6) is -5.51. The van der Waals surface area contributed by atoms with E-state index in [2.05, 4.69) is 33.7 Å². The van der Waals surface area contributed by atoms with E-state index < -0.39 is 24.3 Å². The Hall–Kier alpha value is -1.86. The SMILES string of the molecule is CN1CCCCC12CCN(Cc1ccsc1)CC2.O=C(O)C(F)(F)F.O=C(O)C(F)(F)F. The number of carboxylic acids is 2. The van der Waals surface area contributed by atoms with Crippen LogP contribution in [0.5, 0.6) is 0 Å².